The van der Waals surface area contributed by atoms with Crippen LogP contribution in [-0.2, 0) is 11.3 Å². The van der Waals surface area contributed by atoms with Gasteiger partial charge in [0.25, 0.3) is 0 Å². The van der Waals surface area contributed by atoms with E-state index in [2.05, 4.69) is 10.2 Å². The van der Waals surface area contributed by atoms with Crippen molar-refractivity contribution >= 4 is 32.6 Å². The first-order valence-corrected chi connectivity index (χ1v) is 10.2. The molecule has 1 atom stereocenters. The van der Waals surface area contributed by atoms with Gasteiger partial charge < -0.3 is 15.0 Å². The van der Waals surface area contributed by atoms with Crippen LogP contribution in [-0.4, -0.2) is 31.1 Å². The normalized spacial score (nSPS) is 16.9. The van der Waals surface area contributed by atoms with E-state index in [1.807, 2.05) is 18.2 Å². The number of anilines is 1. The number of thiazole rings is 1. The van der Waals surface area contributed by atoms with Gasteiger partial charge in [0, 0.05) is 19.6 Å². The van der Waals surface area contributed by atoms with Gasteiger partial charge in [0.15, 0.2) is 5.13 Å². The van der Waals surface area contributed by atoms with Gasteiger partial charge in [-0.3, -0.25) is 4.79 Å². The second-order valence-corrected chi connectivity index (χ2v) is 7.97. The number of carbonyl (C=O) groups excluding carboxylic acids is 1. The largest absolute Gasteiger partial charge is 0.497 e. The van der Waals surface area contributed by atoms with Crippen LogP contribution in [0.25, 0.3) is 10.2 Å². The van der Waals surface area contributed by atoms with Gasteiger partial charge in [0.2, 0.25) is 5.91 Å². The van der Waals surface area contributed by atoms with Crippen LogP contribution in [0.15, 0.2) is 42.5 Å². The van der Waals surface area contributed by atoms with Gasteiger partial charge in [-0.05, 0) is 48.7 Å². The maximum Gasteiger partial charge on any atom is 0.225 e. The van der Waals surface area contributed by atoms with E-state index in [1.54, 1.807) is 30.6 Å². The average Bonchev–Trinajstić information content (AvgIpc) is 3.16. The number of ether oxygens (including phenoxy) is 1. The second kappa shape index (κ2) is 8.14. The highest BCUT2D eigenvalue weighted by Crippen LogP contribution is 2.33. The van der Waals surface area contributed by atoms with Gasteiger partial charge in [-0.1, -0.05) is 23.5 Å². The van der Waals surface area contributed by atoms with E-state index in [-0.39, 0.29) is 17.6 Å². The van der Waals surface area contributed by atoms with Crippen molar-refractivity contribution in [1.29, 1.82) is 0 Å². The van der Waals surface area contributed by atoms with Crippen molar-refractivity contribution in [3.8, 4) is 5.75 Å². The van der Waals surface area contributed by atoms with E-state index in [0.29, 0.717) is 13.1 Å². The highest BCUT2D eigenvalue weighted by molar-refractivity contribution is 7.22. The number of nitrogens with zero attached hydrogens (tertiary/aromatic N) is 2. The topological polar surface area (TPSA) is 54.5 Å². The number of aromatic nitrogens is 1. The zero-order valence-corrected chi connectivity index (χ0v) is 16.5. The molecule has 1 fully saturated rings. The number of hydrogen-bond acceptors (Lipinski definition) is 5. The van der Waals surface area contributed by atoms with Gasteiger partial charge in [0.05, 0.1) is 23.2 Å². The number of benzene rings is 2. The van der Waals surface area contributed by atoms with Crippen LogP contribution in [0.5, 0.6) is 5.75 Å². The highest BCUT2D eigenvalue weighted by atomic mass is 32.1. The summed E-state index contributed by atoms with van der Waals surface area (Å²) in [7, 11) is 1.66. The Morgan fingerprint density at radius 2 is 2.14 bits per heavy atom. The first-order valence-electron chi connectivity index (χ1n) is 9.34. The lowest BCUT2D eigenvalue weighted by molar-refractivity contribution is -0.125. The van der Waals surface area contributed by atoms with Crippen molar-refractivity contribution in [3.05, 3.63) is 53.8 Å². The molecule has 1 aliphatic heterocycles. The summed E-state index contributed by atoms with van der Waals surface area (Å²) in [6.45, 7) is 1.97. The second-order valence-electron chi connectivity index (χ2n) is 6.96. The standard InChI is InChI=1S/C21H22FN3O2S/c1-27-17-8-9-18-19(11-17)28-21(24-18)25-10-2-3-15(13-25)20(26)23-12-14-4-6-16(22)7-5-14/h4-9,11,15H,2-3,10,12-13H2,1H3,(H,23,26)/t15-/m1/s1. The SMILES string of the molecule is COc1ccc2nc(N3CCC[C@@H](C(=O)NCc4ccc(F)cc4)C3)sc2c1. The van der Waals surface area contributed by atoms with E-state index in [4.69, 9.17) is 9.72 Å². The molecular formula is C21H22FN3O2S. The number of amides is 1. The molecule has 0 aliphatic carbocycles. The summed E-state index contributed by atoms with van der Waals surface area (Å²) in [6.07, 6.45) is 1.82. The van der Waals surface area contributed by atoms with E-state index in [1.165, 1.54) is 12.1 Å². The maximum atomic E-state index is 13.0. The molecule has 4 rings (SSSR count). The Kier molecular flexibility index (Phi) is 5.43. The molecule has 7 heteroatoms. The first kappa shape index (κ1) is 18.7. The monoisotopic (exact) mass is 399 g/mol. The lowest BCUT2D eigenvalue weighted by Crippen LogP contribution is -2.42. The van der Waals surface area contributed by atoms with Gasteiger partial charge in [-0.2, -0.15) is 0 Å². The average molecular weight is 399 g/mol. The summed E-state index contributed by atoms with van der Waals surface area (Å²) in [5.74, 6) is 0.512. The van der Waals surface area contributed by atoms with Crippen LogP contribution in [0, 0.1) is 11.7 Å². The number of piperidine rings is 1. The fourth-order valence-electron chi connectivity index (χ4n) is 3.46. The summed E-state index contributed by atoms with van der Waals surface area (Å²) in [6, 6.07) is 12.1. The first-order chi connectivity index (χ1) is 13.6. The Labute approximate surface area is 167 Å². The minimum absolute atomic E-state index is 0.0387. The molecule has 1 saturated heterocycles. The third kappa shape index (κ3) is 4.09. The van der Waals surface area contributed by atoms with E-state index in [0.717, 1.165) is 46.0 Å². The molecule has 0 bridgehead atoms. The molecule has 1 N–H and O–H groups in total. The highest BCUT2D eigenvalue weighted by Gasteiger charge is 2.27. The van der Waals surface area contributed by atoms with E-state index in [9.17, 15) is 9.18 Å². The molecule has 0 spiro atoms. The van der Waals surface area contributed by atoms with Gasteiger partial charge in [0.1, 0.15) is 11.6 Å². The molecule has 28 heavy (non-hydrogen) atoms. The summed E-state index contributed by atoms with van der Waals surface area (Å²) in [5, 5.41) is 3.92. The summed E-state index contributed by atoms with van der Waals surface area (Å²) >= 11 is 1.63. The van der Waals surface area contributed by atoms with Crippen LogP contribution in [0.4, 0.5) is 9.52 Å². The van der Waals surface area contributed by atoms with Crippen molar-refractivity contribution < 1.29 is 13.9 Å². The van der Waals surface area contributed by atoms with Gasteiger partial charge >= 0.3 is 0 Å². The molecule has 1 amide bonds. The van der Waals surface area contributed by atoms with Gasteiger partial charge in [-0.15, -0.1) is 0 Å². The number of fused-ring (bicyclic) bond motifs is 1. The van der Waals surface area contributed by atoms with Crippen LogP contribution in [0.2, 0.25) is 0 Å². The zero-order valence-electron chi connectivity index (χ0n) is 15.7. The third-order valence-corrected chi connectivity index (χ3v) is 6.11. The van der Waals surface area contributed by atoms with Crippen molar-refractivity contribution in [2.24, 2.45) is 5.92 Å². The van der Waals surface area contributed by atoms with Crippen LogP contribution in [0.3, 0.4) is 0 Å². The minimum atomic E-state index is -0.272. The number of nitrogens with one attached hydrogen (secondary N) is 1. The summed E-state index contributed by atoms with van der Waals surface area (Å²) in [4.78, 5) is 19.6. The Balaban J connectivity index is 1.40. The third-order valence-electron chi connectivity index (χ3n) is 5.03. The quantitative estimate of drug-likeness (QED) is 0.705. The van der Waals surface area contributed by atoms with Gasteiger partial charge in [-0.25, -0.2) is 9.37 Å². The molecule has 3 aromatic rings. The van der Waals surface area contributed by atoms with Crippen molar-refractivity contribution in [2.75, 3.05) is 25.1 Å². The molecule has 1 aromatic heterocycles. The maximum absolute atomic E-state index is 13.0. The number of carbonyl (C=O) groups is 1. The molecule has 0 radical (unpaired) electrons. The van der Waals surface area contributed by atoms with Crippen LogP contribution >= 0.6 is 11.3 Å². The molecule has 0 saturated carbocycles. The Bertz CT molecular complexity index is 973. The Morgan fingerprint density at radius 3 is 2.93 bits per heavy atom. The van der Waals surface area contributed by atoms with E-state index >= 15 is 0 Å². The molecule has 2 aromatic carbocycles. The predicted octanol–water partition coefficient (Wildman–Crippen LogP) is 3.98. The van der Waals surface area contributed by atoms with E-state index < -0.39 is 0 Å². The molecule has 1 aliphatic rings. The van der Waals surface area contributed by atoms with Crippen molar-refractivity contribution in [3.63, 3.8) is 0 Å². The molecular weight excluding hydrogens is 377 g/mol. The zero-order chi connectivity index (χ0) is 19.5. The molecule has 146 valence electrons. The van der Waals surface area contributed by atoms with Crippen LogP contribution < -0.4 is 15.0 Å². The smallest absolute Gasteiger partial charge is 0.225 e. The molecule has 0 unspecified atom stereocenters. The lowest BCUT2D eigenvalue weighted by atomic mass is 9.97. The van der Waals surface area contributed by atoms with Crippen LogP contribution in [0.1, 0.15) is 18.4 Å². The summed E-state index contributed by atoms with van der Waals surface area (Å²) in [5.41, 5.74) is 1.84. The Hall–Kier alpha value is -2.67. The van der Waals surface area contributed by atoms with Crippen molar-refractivity contribution in [1.82, 2.24) is 10.3 Å². The minimum Gasteiger partial charge on any atom is -0.497 e. The number of halogens is 1. The lowest BCUT2D eigenvalue weighted by Gasteiger charge is -2.31. The fraction of sp³-hybridized carbons (Fsp3) is 0.333. The Morgan fingerprint density at radius 1 is 1.32 bits per heavy atom. The molecule has 2 heterocycles. The number of rotatable bonds is 5. The fourth-order valence-corrected chi connectivity index (χ4v) is 4.48. The number of methoxy groups -OCH3 is 1. The predicted molar refractivity (Wildman–Crippen MR) is 109 cm³/mol. The van der Waals surface area contributed by atoms with Crippen molar-refractivity contribution in [2.45, 2.75) is 19.4 Å². The molecule has 5 nitrogen and oxygen atoms in total. The summed E-state index contributed by atoms with van der Waals surface area (Å²) < 4.78 is 19.4. The number of hydrogen-bond donors (Lipinski definition) is 1.